The zero-order valence-corrected chi connectivity index (χ0v) is 11.9. The van der Waals surface area contributed by atoms with Gasteiger partial charge >= 0.3 is 0 Å². The summed E-state index contributed by atoms with van der Waals surface area (Å²) in [7, 11) is 0. The van der Waals surface area contributed by atoms with E-state index in [0.29, 0.717) is 12.6 Å². The number of hydrogen-bond donors (Lipinski definition) is 1. The average molecular weight is 286 g/mol. The van der Waals surface area contributed by atoms with E-state index in [2.05, 4.69) is 20.2 Å². The maximum Gasteiger partial charge on any atom is 0.225 e. The second-order valence-corrected chi connectivity index (χ2v) is 5.32. The van der Waals surface area contributed by atoms with E-state index in [1.807, 2.05) is 12.1 Å². The van der Waals surface area contributed by atoms with Gasteiger partial charge in [-0.25, -0.2) is 14.4 Å². The Kier molecular flexibility index (Phi) is 4.40. The van der Waals surface area contributed by atoms with Gasteiger partial charge in [-0.3, -0.25) is 0 Å². The fourth-order valence-corrected chi connectivity index (χ4v) is 2.65. The minimum atomic E-state index is -0.176. The van der Waals surface area contributed by atoms with Gasteiger partial charge in [0.05, 0.1) is 0 Å². The van der Waals surface area contributed by atoms with Crippen molar-refractivity contribution in [2.45, 2.75) is 25.4 Å². The van der Waals surface area contributed by atoms with Crippen LogP contribution in [0.4, 0.5) is 10.3 Å². The lowest BCUT2D eigenvalue weighted by Gasteiger charge is -2.32. The highest BCUT2D eigenvalue weighted by Crippen LogP contribution is 2.15. The average Bonchev–Trinajstić information content (AvgIpc) is 2.54. The Morgan fingerprint density at radius 1 is 1.14 bits per heavy atom. The quantitative estimate of drug-likeness (QED) is 0.937. The minimum absolute atomic E-state index is 0.176. The molecule has 0 unspecified atom stereocenters. The summed E-state index contributed by atoms with van der Waals surface area (Å²) in [6, 6.07) is 9.05. The van der Waals surface area contributed by atoms with E-state index < -0.39 is 0 Å². The van der Waals surface area contributed by atoms with Crippen molar-refractivity contribution in [2.75, 3.05) is 18.0 Å². The molecule has 1 fully saturated rings. The Hall–Kier alpha value is -2.01. The smallest absolute Gasteiger partial charge is 0.225 e. The van der Waals surface area contributed by atoms with Crippen molar-refractivity contribution in [3.63, 3.8) is 0 Å². The second-order valence-electron chi connectivity index (χ2n) is 5.32. The van der Waals surface area contributed by atoms with Crippen molar-refractivity contribution in [3.8, 4) is 0 Å². The van der Waals surface area contributed by atoms with Crippen LogP contribution in [0.1, 0.15) is 18.4 Å². The van der Waals surface area contributed by atoms with Crippen molar-refractivity contribution in [1.82, 2.24) is 15.3 Å². The van der Waals surface area contributed by atoms with E-state index >= 15 is 0 Å². The predicted molar refractivity (Wildman–Crippen MR) is 80.5 cm³/mol. The lowest BCUT2D eigenvalue weighted by molar-refractivity contribution is 0.411. The van der Waals surface area contributed by atoms with Crippen molar-refractivity contribution >= 4 is 5.95 Å². The van der Waals surface area contributed by atoms with E-state index in [9.17, 15) is 4.39 Å². The molecule has 0 aliphatic carbocycles. The summed E-state index contributed by atoms with van der Waals surface area (Å²) in [5, 5.41) is 3.50. The van der Waals surface area contributed by atoms with Gasteiger partial charge in [0, 0.05) is 38.1 Å². The van der Waals surface area contributed by atoms with Crippen LogP contribution < -0.4 is 10.2 Å². The summed E-state index contributed by atoms with van der Waals surface area (Å²) in [6.07, 6.45) is 5.65. The number of nitrogens with one attached hydrogen (secondary N) is 1. The molecule has 5 heteroatoms. The molecule has 0 atom stereocenters. The third kappa shape index (κ3) is 3.76. The molecular weight excluding hydrogens is 267 g/mol. The zero-order chi connectivity index (χ0) is 14.5. The van der Waals surface area contributed by atoms with Crippen molar-refractivity contribution in [2.24, 2.45) is 0 Å². The van der Waals surface area contributed by atoms with Crippen LogP contribution in [-0.4, -0.2) is 29.1 Å². The number of aromatic nitrogens is 2. The molecule has 0 bridgehead atoms. The maximum atomic E-state index is 13.1. The largest absolute Gasteiger partial charge is 0.341 e. The zero-order valence-electron chi connectivity index (χ0n) is 11.9. The van der Waals surface area contributed by atoms with E-state index in [0.717, 1.165) is 37.4 Å². The lowest BCUT2D eigenvalue weighted by atomic mass is 10.0. The number of rotatable bonds is 4. The van der Waals surface area contributed by atoms with Gasteiger partial charge in [0.2, 0.25) is 5.95 Å². The van der Waals surface area contributed by atoms with Crippen molar-refractivity contribution in [3.05, 3.63) is 54.1 Å². The molecule has 1 saturated heterocycles. The third-order valence-corrected chi connectivity index (χ3v) is 3.81. The number of nitrogens with zero attached hydrogens (tertiary/aromatic N) is 3. The summed E-state index contributed by atoms with van der Waals surface area (Å²) < 4.78 is 13.1. The second kappa shape index (κ2) is 6.63. The number of anilines is 1. The highest BCUT2D eigenvalue weighted by molar-refractivity contribution is 5.29. The molecule has 21 heavy (non-hydrogen) atoms. The molecule has 0 spiro atoms. The minimum Gasteiger partial charge on any atom is -0.341 e. The molecule has 1 aliphatic rings. The van der Waals surface area contributed by atoms with Crippen LogP contribution in [0.15, 0.2) is 42.7 Å². The molecule has 1 N–H and O–H groups in total. The van der Waals surface area contributed by atoms with Gasteiger partial charge in [0.15, 0.2) is 0 Å². The Balaban J connectivity index is 1.48. The van der Waals surface area contributed by atoms with E-state index in [-0.39, 0.29) is 5.82 Å². The van der Waals surface area contributed by atoms with Crippen LogP contribution in [0.2, 0.25) is 0 Å². The summed E-state index contributed by atoms with van der Waals surface area (Å²) >= 11 is 0. The van der Waals surface area contributed by atoms with Gasteiger partial charge in [0.1, 0.15) is 5.82 Å². The molecule has 0 radical (unpaired) electrons. The van der Waals surface area contributed by atoms with Crippen LogP contribution in [0, 0.1) is 5.82 Å². The van der Waals surface area contributed by atoms with Crippen LogP contribution in [0.25, 0.3) is 0 Å². The highest BCUT2D eigenvalue weighted by Gasteiger charge is 2.20. The number of hydrogen-bond acceptors (Lipinski definition) is 4. The summed E-state index contributed by atoms with van der Waals surface area (Å²) in [4.78, 5) is 10.8. The van der Waals surface area contributed by atoms with Gasteiger partial charge in [-0.2, -0.15) is 0 Å². The fourth-order valence-electron chi connectivity index (χ4n) is 2.65. The van der Waals surface area contributed by atoms with Crippen molar-refractivity contribution < 1.29 is 4.39 Å². The fraction of sp³-hybridized carbons (Fsp3) is 0.375. The predicted octanol–water partition coefficient (Wildman–Crippen LogP) is 2.37. The Morgan fingerprint density at radius 2 is 1.90 bits per heavy atom. The highest BCUT2D eigenvalue weighted by atomic mass is 19.1. The normalized spacial score (nSPS) is 16.1. The first-order chi connectivity index (χ1) is 10.3. The topological polar surface area (TPSA) is 41.0 Å². The van der Waals surface area contributed by atoms with Gasteiger partial charge in [-0.05, 0) is 36.6 Å². The Labute approximate surface area is 124 Å². The van der Waals surface area contributed by atoms with Gasteiger partial charge < -0.3 is 10.2 Å². The van der Waals surface area contributed by atoms with Crippen LogP contribution in [0.5, 0.6) is 0 Å². The van der Waals surface area contributed by atoms with E-state index in [1.165, 1.54) is 6.07 Å². The third-order valence-electron chi connectivity index (χ3n) is 3.81. The number of piperidine rings is 1. The first-order valence-electron chi connectivity index (χ1n) is 7.31. The Morgan fingerprint density at radius 3 is 2.62 bits per heavy atom. The van der Waals surface area contributed by atoms with Crippen molar-refractivity contribution in [1.29, 1.82) is 0 Å². The molecule has 2 heterocycles. The molecule has 2 aromatic rings. The number of benzene rings is 1. The van der Waals surface area contributed by atoms with E-state index in [1.54, 1.807) is 24.5 Å². The molecule has 1 aliphatic heterocycles. The molecule has 0 amide bonds. The molecular formula is C16H19FN4. The first-order valence-corrected chi connectivity index (χ1v) is 7.31. The van der Waals surface area contributed by atoms with Crippen LogP contribution >= 0.6 is 0 Å². The van der Waals surface area contributed by atoms with Gasteiger partial charge in [0.25, 0.3) is 0 Å². The monoisotopic (exact) mass is 286 g/mol. The Bertz CT molecular complexity index is 567. The molecule has 1 aromatic heterocycles. The van der Waals surface area contributed by atoms with E-state index in [4.69, 9.17) is 0 Å². The molecule has 1 aromatic carbocycles. The summed E-state index contributed by atoms with van der Waals surface area (Å²) in [6.45, 7) is 2.61. The summed E-state index contributed by atoms with van der Waals surface area (Å²) in [5.74, 6) is 0.631. The first kappa shape index (κ1) is 13.9. The molecule has 4 nitrogen and oxygen atoms in total. The van der Waals surface area contributed by atoms with Crippen LogP contribution in [0.3, 0.4) is 0 Å². The SMILES string of the molecule is Fc1cccc(CNC2CCN(c3ncccn3)CC2)c1. The van der Waals surface area contributed by atoms with Crippen LogP contribution in [-0.2, 0) is 6.54 Å². The molecule has 3 rings (SSSR count). The lowest BCUT2D eigenvalue weighted by Crippen LogP contribution is -2.42. The summed E-state index contributed by atoms with van der Waals surface area (Å²) in [5.41, 5.74) is 0.990. The molecule has 110 valence electrons. The number of halogens is 1. The maximum absolute atomic E-state index is 13.1. The van der Waals surface area contributed by atoms with Gasteiger partial charge in [-0.1, -0.05) is 12.1 Å². The standard InChI is InChI=1S/C16H19FN4/c17-14-4-1-3-13(11-14)12-20-15-5-9-21(10-6-15)16-18-7-2-8-19-16/h1-4,7-8,11,15,20H,5-6,9-10,12H2. The molecule has 0 saturated carbocycles. The van der Waals surface area contributed by atoms with Gasteiger partial charge in [-0.15, -0.1) is 0 Å².